The van der Waals surface area contributed by atoms with Crippen LogP contribution in [0.2, 0.25) is 0 Å². The summed E-state index contributed by atoms with van der Waals surface area (Å²) >= 11 is 0. The molecule has 0 spiro atoms. The van der Waals surface area contributed by atoms with Crippen LogP contribution in [0.5, 0.6) is 5.75 Å². The van der Waals surface area contributed by atoms with Crippen LogP contribution in [0.15, 0.2) is 48.5 Å². The van der Waals surface area contributed by atoms with Crippen molar-refractivity contribution in [3.8, 4) is 16.9 Å². The fourth-order valence-corrected chi connectivity index (χ4v) is 2.51. The van der Waals surface area contributed by atoms with Gasteiger partial charge in [-0.1, -0.05) is 42.5 Å². The number of benzene rings is 2. The summed E-state index contributed by atoms with van der Waals surface area (Å²) in [4.78, 5) is 11.8. The second-order valence-corrected chi connectivity index (χ2v) is 5.58. The molecule has 4 N–H and O–H groups in total. The molecule has 0 fully saturated rings. The third-order valence-electron chi connectivity index (χ3n) is 3.81. The van der Waals surface area contributed by atoms with Gasteiger partial charge in [-0.3, -0.25) is 4.79 Å². The molecule has 0 saturated carbocycles. The van der Waals surface area contributed by atoms with E-state index < -0.39 is 0 Å². The van der Waals surface area contributed by atoms with E-state index in [1.807, 2.05) is 55.5 Å². The van der Waals surface area contributed by atoms with Crippen molar-refractivity contribution in [1.82, 2.24) is 10.6 Å². The van der Waals surface area contributed by atoms with Crippen LogP contribution in [-0.2, 0) is 4.79 Å². The van der Waals surface area contributed by atoms with E-state index >= 15 is 0 Å². The van der Waals surface area contributed by atoms with Crippen molar-refractivity contribution in [1.29, 1.82) is 0 Å². The van der Waals surface area contributed by atoms with E-state index in [0.29, 0.717) is 13.1 Å². The predicted molar refractivity (Wildman–Crippen MR) is 96.9 cm³/mol. The number of methoxy groups -OCH3 is 1. The van der Waals surface area contributed by atoms with Gasteiger partial charge in [0.2, 0.25) is 5.91 Å². The van der Waals surface area contributed by atoms with E-state index in [-0.39, 0.29) is 18.5 Å². The second-order valence-electron chi connectivity index (χ2n) is 5.58. The quantitative estimate of drug-likeness (QED) is 0.649. The van der Waals surface area contributed by atoms with Crippen molar-refractivity contribution in [3.63, 3.8) is 0 Å². The van der Waals surface area contributed by atoms with Gasteiger partial charge in [-0.05, 0) is 24.1 Å². The van der Waals surface area contributed by atoms with Crippen molar-refractivity contribution in [2.45, 2.75) is 13.0 Å². The largest absolute Gasteiger partial charge is 0.496 e. The van der Waals surface area contributed by atoms with Crippen LogP contribution in [0.1, 0.15) is 18.5 Å². The van der Waals surface area contributed by atoms with Gasteiger partial charge in [0.05, 0.1) is 19.7 Å². The molecular formula is C19H25N3O2. The Morgan fingerprint density at radius 3 is 2.54 bits per heavy atom. The van der Waals surface area contributed by atoms with Crippen molar-refractivity contribution >= 4 is 5.91 Å². The smallest absolute Gasteiger partial charge is 0.234 e. The maximum Gasteiger partial charge on any atom is 0.234 e. The first-order chi connectivity index (χ1) is 11.7. The van der Waals surface area contributed by atoms with Gasteiger partial charge in [-0.25, -0.2) is 0 Å². The number of amides is 1. The van der Waals surface area contributed by atoms with Crippen LogP contribution in [0, 0.1) is 0 Å². The zero-order chi connectivity index (χ0) is 17.4. The molecule has 0 aliphatic carbocycles. The van der Waals surface area contributed by atoms with Crippen molar-refractivity contribution in [2.24, 2.45) is 5.73 Å². The Balaban J connectivity index is 2.02. The standard InChI is InChI=1S/C19H25N3O2/c1-14(22-19(23)13-21-12-11-20)15-7-9-16(10-8-15)17-5-3-4-6-18(17)24-2/h3-10,14,21H,11-13,20H2,1-2H3,(H,22,23). The first-order valence-electron chi connectivity index (χ1n) is 8.09. The number of nitrogens with one attached hydrogen (secondary N) is 2. The summed E-state index contributed by atoms with van der Waals surface area (Å²) in [5.74, 6) is 0.808. The number of para-hydroxylation sites is 1. The number of carbonyl (C=O) groups excluding carboxylic acids is 1. The Hall–Kier alpha value is -2.37. The van der Waals surface area contributed by atoms with Crippen LogP contribution in [0.4, 0.5) is 0 Å². The molecule has 0 saturated heterocycles. The molecule has 2 aromatic carbocycles. The van der Waals surface area contributed by atoms with Gasteiger partial charge < -0.3 is 21.1 Å². The van der Waals surface area contributed by atoms with Gasteiger partial charge in [0.15, 0.2) is 0 Å². The second kappa shape index (κ2) is 9.05. The van der Waals surface area contributed by atoms with Crippen LogP contribution < -0.4 is 21.1 Å². The average Bonchev–Trinajstić information content (AvgIpc) is 2.62. The molecule has 2 rings (SSSR count). The van der Waals surface area contributed by atoms with Gasteiger partial charge in [-0.2, -0.15) is 0 Å². The number of nitrogens with two attached hydrogens (primary N) is 1. The van der Waals surface area contributed by atoms with Crippen LogP contribution in [0.25, 0.3) is 11.1 Å². The van der Waals surface area contributed by atoms with E-state index in [4.69, 9.17) is 10.5 Å². The summed E-state index contributed by atoms with van der Waals surface area (Å²) in [5.41, 5.74) is 8.58. The Morgan fingerprint density at radius 1 is 1.17 bits per heavy atom. The van der Waals surface area contributed by atoms with Gasteiger partial charge in [0.1, 0.15) is 5.75 Å². The topological polar surface area (TPSA) is 76.4 Å². The third kappa shape index (κ3) is 4.81. The van der Waals surface area contributed by atoms with Crippen LogP contribution in [0.3, 0.4) is 0 Å². The molecule has 0 aromatic heterocycles. The minimum absolute atomic E-state index is 0.0373. The van der Waals surface area contributed by atoms with Crippen LogP contribution in [-0.4, -0.2) is 32.7 Å². The Morgan fingerprint density at radius 2 is 1.88 bits per heavy atom. The summed E-state index contributed by atoms with van der Waals surface area (Å²) in [5, 5.41) is 5.95. The monoisotopic (exact) mass is 327 g/mol. The molecule has 1 unspecified atom stereocenters. The van der Waals surface area contributed by atoms with Crippen LogP contribution >= 0.6 is 0 Å². The lowest BCUT2D eigenvalue weighted by molar-refractivity contribution is -0.120. The number of ether oxygens (including phenoxy) is 1. The lowest BCUT2D eigenvalue weighted by atomic mass is 10.0. The molecule has 0 aliphatic heterocycles. The fraction of sp³-hybridized carbons (Fsp3) is 0.316. The summed E-state index contributed by atoms with van der Waals surface area (Å²) < 4.78 is 5.40. The van der Waals surface area contributed by atoms with Crippen molar-refractivity contribution < 1.29 is 9.53 Å². The highest BCUT2D eigenvalue weighted by Gasteiger charge is 2.10. The molecule has 24 heavy (non-hydrogen) atoms. The minimum Gasteiger partial charge on any atom is -0.496 e. The first-order valence-corrected chi connectivity index (χ1v) is 8.09. The fourth-order valence-electron chi connectivity index (χ4n) is 2.51. The maximum absolute atomic E-state index is 11.8. The van der Waals surface area contributed by atoms with E-state index in [2.05, 4.69) is 10.6 Å². The van der Waals surface area contributed by atoms with E-state index in [0.717, 1.165) is 22.4 Å². The van der Waals surface area contributed by atoms with E-state index in [1.165, 1.54) is 0 Å². The average molecular weight is 327 g/mol. The molecular weight excluding hydrogens is 302 g/mol. The van der Waals surface area contributed by atoms with Crippen molar-refractivity contribution in [3.05, 3.63) is 54.1 Å². The van der Waals surface area contributed by atoms with Crippen molar-refractivity contribution in [2.75, 3.05) is 26.7 Å². The summed E-state index contributed by atoms with van der Waals surface area (Å²) in [6.45, 7) is 3.41. The lowest BCUT2D eigenvalue weighted by Gasteiger charge is -2.15. The molecule has 128 valence electrons. The SMILES string of the molecule is COc1ccccc1-c1ccc(C(C)NC(=O)CNCCN)cc1. The number of hydrogen-bond donors (Lipinski definition) is 3. The zero-order valence-corrected chi connectivity index (χ0v) is 14.2. The molecule has 2 aromatic rings. The molecule has 0 heterocycles. The van der Waals surface area contributed by atoms with Gasteiger partial charge in [0.25, 0.3) is 0 Å². The molecule has 0 radical (unpaired) electrons. The zero-order valence-electron chi connectivity index (χ0n) is 14.2. The van der Waals surface area contributed by atoms with Gasteiger partial charge >= 0.3 is 0 Å². The normalized spacial score (nSPS) is 11.8. The molecule has 5 nitrogen and oxygen atoms in total. The van der Waals surface area contributed by atoms with E-state index in [9.17, 15) is 4.79 Å². The maximum atomic E-state index is 11.8. The Bertz CT molecular complexity index is 656. The van der Waals surface area contributed by atoms with Gasteiger partial charge in [0, 0.05) is 18.7 Å². The van der Waals surface area contributed by atoms with E-state index in [1.54, 1.807) is 7.11 Å². The Kier molecular flexibility index (Phi) is 6.78. The number of rotatable bonds is 8. The summed E-state index contributed by atoms with van der Waals surface area (Å²) in [6.07, 6.45) is 0. The summed E-state index contributed by atoms with van der Waals surface area (Å²) in [7, 11) is 1.67. The molecule has 0 aliphatic rings. The minimum atomic E-state index is -0.0519. The lowest BCUT2D eigenvalue weighted by Crippen LogP contribution is -2.37. The molecule has 1 atom stereocenters. The first kappa shape index (κ1) is 18.0. The van der Waals surface area contributed by atoms with Gasteiger partial charge in [-0.15, -0.1) is 0 Å². The third-order valence-corrected chi connectivity index (χ3v) is 3.81. The number of carbonyl (C=O) groups is 1. The highest BCUT2D eigenvalue weighted by molar-refractivity contribution is 5.78. The molecule has 1 amide bonds. The molecule has 0 bridgehead atoms. The predicted octanol–water partition coefficient (Wildman–Crippen LogP) is 2.09. The molecule has 5 heteroatoms. The highest BCUT2D eigenvalue weighted by atomic mass is 16.5. The highest BCUT2D eigenvalue weighted by Crippen LogP contribution is 2.30. The summed E-state index contributed by atoms with van der Waals surface area (Å²) in [6, 6.07) is 16.0. The number of hydrogen-bond acceptors (Lipinski definition) is 4. The Labute approximate surface area is 143 Å².